The molecule has 1 aromatic heterocycles. The number of esters is 1. The molecule has 0 radical (unpaired) electrons. The van der Waals surface area contributed by atoms with Gasteiger partial charge in [0.05, 0.1) is 5.01 Å². The summed E-state index contributed by atoms with van der Waals surface area (Å²) < 4.78 is 18.1. The van der Waals surface area contributed by atoms with Crippen LogP contribution < -0.4 is 4.74 Å². The number of halogens is 1. The Hall–Kier alpha value is -1.75. The van der Waals surface area contributed by atoms with Crippen LogP contribution in [0.25, 0.3) is 0 Å². The first-order chi connectivity index (χ1) is 7.66. The van der Waals surface area contributed by atoms with Crippen molar-refractivity contribution in [1.29, 1.82) is 0 Å². The summed E-state index contributed by atoms with van der Waals surface area (Å²) in [7, 11) is 0. The van der Waals surface area contributed by atoms with Crippen molar-refractivity contribution >= 4 is 17.3 Å². The van der Waals surface area contributed by atoms with Gasteiger partial charge in [-0.3, -0.25) is 0 Å². The predicted molar refractivity (Wildman–Crippen MR) is 58.2 cm³/mol. The molecule has 3 nitrogen and oxygen atoms in total. The van der Waals surface area contributed by atoms with E-state index in [0.717, 1.165) is 5.01 Å². The first kappa shape index (κ1) is 10.8. The third-order valence-corrected chi connectivity index (χ3v) is 2.64. The number of thiazole rings is 1. The SMILES string of the molecule is Cc1nc(C(=O)Oc2ccccc2F)cs1. The number of hydrogen-bond acceptors (Lipinski definition) is 4. The van der Waals surface area contributed by atoms with Crippen LogP contribution >= 0.6 is 11.3 Å². The summed E-state index contributed by atoms with van der Waals surface area (Å²) in [6.07, 6.45) is 0. The molecule has 0 amide bonds. The van der Waals surface area contributed by atoms with Gasteiger partial charge in [0.15, 0.2) is 17.3 Å². The highest BCUT2D eigenvalue weighted by Crippen LogP contribution is 2.17. The second-order valence-corrected chi connectivity index (χ2v) is 4.13. The minimum Gasteiger partial charge on any atom is -0.419 e. The summed E-state index contributed by atoms with van der Waals surface area (Å²) in [5.41, 5.74) is 0.200. The lowest BCUT2D eigenvalue weighted by Gasteiger charge is -2.02. The van der Waals surface area contributed by atoms with Gasteiger partial charge in [0, 0.05) is 5.38 Å². The van der Waals surface area contributed by atoms with Crippen LogP contribution in [0.5, 0.6) is 5.75 Å². The fourth-order valence-corrected chi connectivity index (χ4v) is 1.72. The Morgan fingerprint density at radius 1 is 1.44 bits per heavy atom. The van der Waals surface area contributed by atoms with E-state index in [1.165, 1.54) is 29.5 Å². The summed E-state index contributed by atoms with van der Waals surface area (Å²) in [5, 5.41) is 2.35. The molecule has 5 heteroatoms. The van der Waals surface area contributed by atoms with Crippen LogP contribution in [0.2, 0.25) is 0 Å². The van der Waals surface area contributed by atoms with Gasteiger partial charge in [-0.05, 0) is 19.1 Å². The largest absolute Gasteiger partial charge is 0.419 e. The Labute approximate surface area is 95.5 Å². The predicted octanol–water partition coefficient (Wildman–Crippen LogP) is 2.81. The molecule has 1 heterocycles. The lowest BCUT2D eigenvalue weighted by molar-refractivity contribution is 0.0722. The average molecular weight is 237 g/mol. The number of ether oxygens (including phenoxy) is 1. The Bertz CT molecular complexity index is 524. The minimum atomic E-state index is -0.644. The molecule has 0 fully saturated rings. The van der Waals surface area contributed by atoms with Gasteiger partial charge in [0.2, 0.25) is 0 Å². The van der Waals surface area contributed by atoms with Crippen molar-refractivity contribution in [3.05, 3.63) is 46.2 Å². The molecule has 0 aliphatic carbocycles. The molecule has 0 aliphatic rings. The normalized spacial score (nSPS) is 10.1. The standard InChI is InChI=1S/C11H8FNO2S/c1-7-13-9(6-16-7)11(14)15-10-5-3-2-4-8(10)12/h2-6H,1H3. The van der Waals surface area contributed by atoms with E-state index in [2.05, 4.69) is 4.98 Å². The van der Waals surface area contributed by atoms with E-state index in [9.17, 15) is 9.18 Å². The zero-order valence-corrected chi connectivity index (χ0v) is 9.25. The van der Waals surface area contributed by atoms with Crippen molar-refractivity contribution in [2.75, 3.05) is 0 Å². The quantitative estimate of drug-likeness (QED) is 0.595. The first-order valence-electron chi connectivity index (χ1n) is 4.55. The molecule has 0 unspecified atom stereocenters. The zero-order valence-electron chi connectivity index (χ0n) is 8.44. The lowest BCUT2D eigenvalue weighted by atomic mass is 10.3. The van der Waals surface area contributed by atoms with Gasteiger partial charge in [-0.1, -0.05) is 12.1 Å². The Morgan fingerprint density at radius 2 is 2.19 bits per heavy atom. The summed E-state index contributed by atoms with van der Waals surface area (Å²) in [6.45, 7) is 1.78. The van der Waals surface area contributed by atoms with Gasteiger partial charge in [0.25, 0.3) is 0 Å². The van der Waals surface area contributed by atoms with E-state index < -0.39 is 11.8 Å². The average Bonchev–Trinajstić information content (AvgIpc) is 2.68. The molecular formula is C11H8FNO2S. The topological polar surface area (TPSA) is 39.2 Å². The van der Waals surface area contributed by atoms with Crippen molar-refractivity contribution in [2.24, 2.45) is 0 Å². The Balaban J connectivity index is 2.17. The van der Waals surface area contributed by atoms with Crippen LogP contribution in [0.3, 0.4) is 0 Å². The number of aryl methyl sites for hydroxylation is 1. The van der Waals surface area contributed by atoms with Crippen LogP contribution in [0.1, 0.15) is 15.5 Å². The van der Waals surface area contributed by atoms with Gasteiger partial charge in [-0.15, -0.1) is 11.3 Å². The van der Waals surface area contributed by atoms with Crippen molar-refractivity contribution in [3.8, 4) is 5.75 Å². The van der Waals surface area contributed by atoms with Gasteiger partial charge in [-0.2, -0.15) is 0 Å². The van der Waals surface area contributed by atoms with E-state index in [1.807, 2.05) is 0 Å². The molecule has 0 spiro atoms. The van der Waals surface area contributed by atoms with Gasteiger partial charge in [0.1, 0.15) is 0 Å². The third kappa shape index (κ3) is 2.25. The molecule has 0 saturated carbocycles. The van der Waals surface area contributed by atoms with Crippen LogP contribution in [0, 0.1) is 12.7 Å². The molecule has 0 saturated heterocycles. The minimum absolute atomic E-state index is 0.0850. The second kappa shape index (κ2) is 4.40. The van der Waals surface area contributed by atoms with Crippen LogP contribution in [0.15, 0.2) is 29.6 Å². The van der Waals surface area contributed by atoms with E-state index in [0.29, 0.717) is 0 Å². The molecule has 0 N–H and O–H groups in total. The van der Waals surface area contributed by atoms with Crippen molar-refractivity contribution in [2.45, 2.75) is 6.92 Å². The number of para-hydroxylation sites is 1. The van der Waals surface area contributed by atoms with Gasteiger partial charge in [-0.25, -0.2) is 14.2 Å². The third-order valence-electron chi connectivity index (χ3n) is 1.87. The molecule has 0 bridgehead atoms. The lowest BCUT2D eigenvalue weighted by Crippen LogP contribution is -2.09. The number of aromatic nitrogens is 1. The van der Waals surface area contributed by atoms with Crippen LogP contribution in [0.4, 0.5) is 4.39 Å². The second-order valence-electron chi connectivity index (χ2n) is 3.07. The maximum Gasteiger partial charge on any atom is 0.363 e. The molecule has 16 heavy (non-hydrogen) atoms. The first-order valence-corrected chi connectivity index (χ1v) is 5.43. The Morgan fingerprint density at radius 3 is 2.81 bits per heavy atom. The molecule has 2 rings (SSSR count). The number of carbonyl (C=O) groups excluding carboxylic acids is 1. The van der Waals surface area contributed by atoms with E-state index in [1.54, 1.807) is 18.4 Å². The summed E-state index contributed by atoms with van der Waals surface area (Å²) in [5.74, 6) is -1.30. The van der Waals surface area contributed by atoms with Crippen molar-refractivity contribution in [3.63, 3.8) is 0 Å². The number of carbonyl (C=O) groups is 1. The number of rotatable bonds is 2. The highest BCUT2D eigenvalue weighted by atomic mass is 32.1. The van der Waals surface area contributed by atoms with Gasteiger partial charge >= 0.3 is 5.97 Å². The summed E-state index contributed by atoms with van der Waals surface area (Å²) >= 11 is 1.34. The number of hydrogen-bond donors (Lipinski definition) is 0. The smallest absolute Gasteiger partial charge is 0.363 e. The van der Waals surface area contributed by atoms with Crippen molar-refractivity contribution in [1.82, 2.24) is 4.98 Å². The molecule has 0 aliphatic heterocycles. The summed E-state index contributed by atoms with van der Waals surface area (Å²) in [4.78, 5) is 15.5. The van der Waals surface area contributed by atoms with Crippen LogP contribution in [-0.4, -0.2) is 11.0 Å². The van der Waals surface area contributed by atoms with Crippen LogP contribution in [-0.2, 0) is 0 Å². The van der Waals surface area contributed by atoms with Crippen molar-refractivity contribution < 1.29 is 13.9 Å². The maximum absolute atomic E-state index is 13.2. The van der Waals surface area contributed by atoms with E-state index in [4.69, 9.17) is 4.74 Å². The number of benzene rings is 1. The maximum atomic E-state index is 13.2. The molecular weight excluding hydrogens is 229 g/mol. The molecule has 1 aromatic carbocycles. The monoisotopic (exact) mass is 237 g/mol. The van der Waals surface area contributed by atoms with Gasteiger partial charge < -0.3 is 4.74 Å². The molecule has 2 aromatic rings. The molecule has 0 atom stereocenters. The highest BCUT2D eigenvalue weighted by molar-refractivity contribution is 7.09. The van der Waals surface area contributed by atoms with E-state index >= 15 is 0 Å². The fraction of sp³-hybridized carbons (Fsp3) is 0.0909. The molecule has 82 valence electrons. The zero-order chi connectivity index (χ0) is 11.5. The fourth-order valence-electron chi connectivity index (χ4n) is 1.14. The number of nitrogens with zero attached hydrogens (tertiary/aromatic N) is 1. The Kier molecular flexibility index (Phi) is 2.96. The van der Waals surface area contributed by atoms with E-state index in [-0.39, 0.29) is 11.4 Å². The summed E-state index contributed by atoms with van der Waals surface area (Å²) in [6, 6.07) is 5.75. The highest BCUT2D eigenvalue weighted by Gasteiger charge is 2.13.